The molecule has 40 heavy (non-hydrogen) atoms. The Bertz CT molecular complexity index is 1120. The predicted molar refractivity (Wildman–Crippen MR) is 152 cm³/mol. The first-order valence-electron chi connectivity index (χ1n) is 13.8. The Morgan fingerprint density at radius 3 is 2.05 bits per heavy atom. The first kappa shape index (κ1) is 30.8. The Kier molecular flexibility index (Phi) is 10.8. The van der Waals surface area contributed by atoms with E-state index in [9.17, 15) is 14.4 Å². The zero-order valence-corrected chi connectivity index (χ0v) is 24.4. The Morgan fingerprint density at radius 2 is 1.52 bits per heavy atom. The van der Waals surface area contributed by atoms with Gasteiger partial charge in [0, 0.05) is 19.5 Å². The van der Waals surface area contributed by atoms with Crippen LogP contribution in [-0.2, 0) is 25.4 Å². The van der Waals surface area contributed by atoms with Gasteiger partial charge in [-0.2, -0.15) is 0 Å². The number of carbonyl (C=O) groups is 3. The molecule has 0 bridgehead atoms. The molecule has 3 rings (SSSR count). The number of nitrogens with one attached hydrogen (secondary N) is 1. The van der Waals surface area contributed by atoms with Crippen LogP contribution in [0.5, 0.6) is 5.75 Å². The minimum absolute atomic E-state index is 0.110. The van der Waals surface area contributed by atoms with E-state index < -0.39 is 23.7 Å². The van der Waals surface area contributed by atoms with Crippen LogP contribution >= 0.6 is 0 Å². The molecule has 0 unspecified atom stereocenters. The number of alkyl carbamates (subject to hydrolysis) is 1. The fourth-order valence-electron chi connectivity index (χ4n) is 4.37. The summed E-state index contributed by atoms with van der Waals surface area (Å²) in [6, 6.07) is 14.9. The van der Waals surface area contributed by atoms with Gasteiger partial charge in [0.15, 0.2) is 0 Å². The zero-order valence-electron chi connectivity index (χ0n) is 24.4. The lowest BCUT2D eigenvalue weighted by Crippen LogP contribution is -2.45. The summed E-state index contributed by atoms with van der Waals surface area (Å²) in [4.78, 5) is 38.3. The average molecular weight is 555 g/mol. The van der Waals surface area contributed by atoms with Gasteiger partial charge >= 0.3 is 18.2 Å². The number of rotatable bonds is 9. The second-order valence-electron chi connectivity index (χ2n) is 11.3. The van der Waals surface area contributed by atoms with E-state index in [2.05, 4.69) is 5.32 Å². The molecule has 1 atom stereocenters. The molecule has 0 aliphatic carbocycles. The molecule has 0 radical (unpaired) electrons. The number of hydrogen-bond acceptors (Lipinski definition) is 7. The summed E-state index contributed by atoms with van der Waals surface area (Å²) in [6.07, 6.45) is 1.04. The van der Waals surface area contributed by atoms with E-state index in [1.54, 1.807) is 25.7 Å². The Hall–Kier alpha value is -3.75. The van der Waals surface area contributed by atoms with Gasteiger partial charge in [-0.25, -0.2) is 14.4 Å². The molecular formula is C31H42N2O7. The van der Waals surface area contributed by atoms with Gasteiger partial charge in [0.2, 0.25) is 0 Å². The lowest BCUT2D eigenvalue weighted by Gasteiger charge is -2.31. The normalized spacial score (nSPS) is 14.8. The molecule has 2 aromatic carbocycles. The van der Waals surface area contributed by atoms with Crippen molar-refractivity contribution in [2.45, 2.75) is 71.6 Å². The van der Waals surface area contributed by atoms with Crippen molar-refractivity contribution in [1.82, 2.24) is 10.2 Å². The van der Waals surface area contributed by atoms with E-state index in [-0.39, 0.29) is 18.6 Å². The molecule has 0 aromatic heterocycles. The molecular weight excluding hydrogens is 512 g/mol. The van der Waals surface area contributed by atoms with Crippen LogP contribution in [0.4, 0.5) is 9.59 Å². The summed E-state index contributed by atoms with van der Waals surface area (Å²) in [5.41, 5.74) is 2.26. The minimum atomic E-state index is -0.858. The van der Waals surface area contributed by atoms with Crippen molar-refractivity contribution >= 4 is 18.2 Å². The Balaban J connectivity index is 1.50. The number of methoxy groups -OCH3 is 1. The summed E-state index contributed by atoms with van der Waals surface area (Å²) in [6.45, 7) is 11.0. The SMILES string of the molecule is COC(=O)[C@H](Cc1ccc(-c2ccc(OCC3CCN(C(=O)OC(C)C)CC3)cc2)cc1)NC(=O)OC(C)(C)C. The smallest absolute Gasteiger partial charge is 0.410 e. The molecule has 1 saturated heterocycles. The number of nitrogens with zero attached hydrogens (tertiary/aromatic N) is 1. The fourth-order valence-corrected chi connectivity index (χ4v) is 4.37. The van der Waals surface area contributed by atoms with Crippen molar-refractivity contribution in [3.05, 3.63) is 54.1 Å². The maximum atomic E-state index is 12.2. The number of ether oxygens (including phenoxy) is 4. The predicted octanol–water partition coefficient (Wildman–Crippen LogP) is 5.60. The van der Waals surface area contributed by atoms with Crippen molar-refractivity contribution in [3.63, 3.8) is 0 Å². The fraction of sp³-hybridized carbons (Fsp3) is 0.516. The topological polar surface area (TPSA) is 103 Å². The van der Waals surface area contributed by atoms with Gasteiger partial charge in [-0.1, -0.05) is 36.4 Å². The van der Waals surface area contributed by atoms with Crippen LogP contribution in [0.3, 0.4) is 0 Å². The van der Waals surface area contributed by atoms with E-state index in [0.29, 0.717) is 25.6 Å². The number of likely N-dealkylation sites (tertiary alicyclic amines) is 1. The van der Waals surface area contributed by atoms with E-state index in [1.807, 2.05) is 62.4 Å². The van der Waals surface area contributed by atoms with E-state index in [0.717, 1.165) is 35.3 Å². The van der Waals surface area contributed by atoms with Crippen LogP contribution in [0.25, 0.3) is 11.1 Å². The largest absolute Gasteiger partial charge is 0.493 e. The Labute approximate surface area is 237 Å². The third-order valence-electron chi connectivity index (χ3n) is 6.45. The second-order valence-corrected chi connectivity index (χ2v) is 11.3. The van der Waals surface area contributed by atoms with Crippen molar-refractivity contribution in [2.24, 2.45) is 5.92 Å². The molecule has 2 amide bonds. The quantitative estimate of drug-likeness (QED) is 0.318. The minimum Gasteiger partial charge on any atom is -0.493 e. The first-order chi connectivity index (χ1) is 18.9. The molecule has 2 aromatic rings. The zero-order chi connectivity index (χ0) is 29.3. The van der Waals surface area contributed by atoms with E-state index in [1.165, 1.54) is 7.11 Å². The van der Waals surface area contributed by atoms with E-state index >= 15 is 0 Å². The number of hydrogen-bond donors (Lipinski definition) is 1. The maximum absolute atomic E-state index is 12.2. The van der Waals surface area contributed by atoms with Crippen molar-refractivity contribution in [1.29, 1.82) is 0 Å². The van der Waals surface area contributed by atoms with Gasteiger partial charge in [-0.3, -0.25) is 0 Å². The molecule has 1 N–H and O–H groups in total. The summed E-state index contributed by atoms with van der Waals surface area (Å²) in [7, 11) is 1.29. The van der Waals surface area contributed by atoms with Crippen LogP contribution < -0.4 is 10.1 Å². The van der Waals surface area contributed by atoms with Crippen molar-refractivity contribution < 1.29 is 33.3 Å². The molecule has 218 valence electrons. The number of carbonyl (C=O) groups excluding carboxylic acids is 3. The monoisotopic (exact) mass is 554 g/mol. The standard InChI is InChI=1S/C31H42N2O7/c1-21(2)39-30(36)33-17-15-23(16-18-33)20-38-26-13-11-25(12-14-26)24-9-7-22(8-10-24)19-27(28(34)37-6)32-29(35)40-31(3,4)5/h7-14,21,23,27H,15-20H2,1-6H3,(H,32,35)/t27-/m0/s1. The third-order valence-corrected chi connectivity index (χ3v) is 6.45. The summed E-state index contributed by atoms with van der Waals surface area (Å²) >= 11 is 0. The number of piperidine rings is 1. The van der Waals surface area contributed by atoms with Gasteiger partial charge in [0.05, 0.1) is 19.8 Å². The second kappa shape index (κ2) is 14.1. The molecule has 1 aliphatic heterocycles. The number of amides is 2. The number of benzene rings is 2. The molecule has 1 heterocycles. The van der Waals surface area contributed by atoms with Crippen LogP contribution in [0.1, 0.15) is 53.0 Å². The van der Waals surface area contributed by atoms with Crippen LogP contribution in [-0.4, -0.2) is 67.6 Å². The van der Waals surface area contributed by atoms with Gasteiger partial charge in [-0.05, 0) is 82.2 Å². The van der Waals surface area contributed by atoms with Gasteiger partial charge in [0.25, 0.3) is 0 Å². The highest BCUT2D eigenvalue weighted by Gasteiger charge is 2.26. The van der Waals surface area contributed by atoms with E-state index in [4.69, 9.17) is 18.9 Å². The third kappa shape index (κ3) is 9.77. The van der Waals surface area contributed by atoms with Crippen LogP contribution in [0.2, 0.25) is 0 Å². The van der Waals surface area contributed by atoms with Gasteiger partial charge in [0.1, 0.15) is 17.4 Å². The van der Waals surface area contributed by atoms with Gasteiger partial charge in [-0.15, -0.1) is 0 Å². The summed E-state index contributed by atoms with van der Waals surface area (Å²) in [5.74, 6) is 0.662. The first-order valence-corrected chi connectivity index (χ1v) is 13.8. The van der Waals surface area contributed by atoms with Crippen LogP contribution in [0, 0.1) is 5.92 Å². The molecule has 1 fully saturated rings. The maximum Gasteiger partial charge on any atom is 0.410 e. The highest BCUT2D eigenvalue weighted by atomic mass is 16.6. The number of esters is 1. The molecule has 0 saturated carbocycles. The van der Waals surface area contributed by atoms with Crippen molar-refractivity contribution in [3.8, 4) is 16.9 Å². The Morgan fingerprint density at radius 1 is 0.950 bits per heavy atom. The van der Waals surface area contributed by atoms with Gasteiger partial charge < -0.3 is 29.2 Å². The lowest BCUT2D eigenvalue weighted by molar-refractivity contribution is -0.143. The van der Waals surface area contributed by atoms with Crippen molar-refractivity contribution in [2.75, 3.05) is 26.8 Å². The molecule has 0 spiro atoms. The van der Waals surface area contributed by atoms with Crippen LogP contribution in [0.15, 0.2) is 48.5 Å². The highest BCUT2D eigenvalue weighted by molar-refractivity contribution is 5.81. The molecule has 9 nitrogen and oxygen atoms in total. The molecule has 9 heteroatoms. The summed E-state index contributed by atoms with van der Waals surface area (Å²) < 4.78 is 21.5. The molecule has 1 aliphatic rings. The highest BCUT2D eigenvalue weighted by Crippen LogP contribution is 2.25. The summed E-state index contributed by atoms with van der Waals surface area (Å²) in [5, 5.41) is 2.60. The average Bonchev–Trinajstić information content (AvgIpc) is 2.90. The lowest BCUT2D eigenvalue weighted by atomic mass is 9.98.